The molecule has 0 spiro atoms. The number of aromatic nitrogens is 2. The van der Waals surface area contributed by atoms with Crippen LogP contribution in [-0.4, -0.2) is 15.9 Å². The van der Waals surface area contributed by atoms with Crippen LogP contribution in [0.15, 0.2) is 40.8 Å². The third-order valence-electron chi connectivity index (χ3n) is 2.86. The summed E-state index contributed by atoms with van der Waals surface area (Å²) in [6.45, 7) is 1.97. The van der Waals surface area contributed by atoms with Crippen molar-refractivity contribution in [2.75, 3.05) is 5.32 Å². The van der Waals surface area contributed by atoms with Gasteiger partial charge < -0.3 is 9.40 Å². The number of hydrogen-bond acceptors (Lipinski definition) is 3. The first-order chi connectivity index (χ1) is 9.26. The zero-order chi connectivity index (χ0) is 13.2. The molecular weight excluding hydrogens is 242 g/mol. The van der Waals surface area contributed by atoms with Crippen LogP contribution in [0.25, 0.3) is 11.0 Å². The molecule has 0 unspecified atom stereocenters. The molecule has 0 aliphatic rings. The number of para-hydroxylation sites is 2. The van der Waals surface area contributed by atoms with Gasteiger partial charge in [-0.3, -0.25) is 10.1 Å². The quantitative estimate of drug-likeness (QED) is 0.755. The summed E-state index contributed by atoms with van der Waals surface area (Å²) in [4.78, 5) is 19.3. The van der Waals surface area contributed by atoms with E-state index in [-0.39, 0.29) is 11.7 Å². The Morgan fingerprint density at radius 3 is 2.89 bits per heavy atom. The predicted molar refractivity (Wildman–Crippen MR) is 72.1 cm³/mol. The normalized spacial score (nSPS) is 10.8. The summed E-state index contributed by atoms with van der Waals surface area (Å²) < 4.78 is 5.39. The molecule has 3 aromatic rings. The number of benzene rings is 1. The van der Waals surface area contributed by atoms with E-state index in [9.17, 15) is 4.79 Å². The molecule has 2 aromatic heterocycles. The second-order valence-corrected chi connectivity index (χ2v) is 4.18. The van der Waals surface area contributed by atoms with Crippen LogP contribution < -0.4 is 5.32 Å². The minimum absolute atomic E-state index is 0.289. The zero-order valence-corrected chi connectivity index (χ0v) is 10.4. The molecule has 1 aromatic carbocycles. The summed E-state index contributed by atoms with van der Waals surface area (Å²) in [5.74, 6) is 1.19. The van der Waals surface area contributed by atoms with Gasteiger partial charge in [0.25, 0.3) is 5.91 Å². The van der Waals surface area contributed by atoms with Gasteiger partial charge in [0, 0.05) is 6.42 Å². The molecule has 2 heterocycles. The zero-order valence-electron chi connectivity index (χ0n) is 10.4. The van der Waals surface area contributed by atoms with Crippen LogP contribution in [0.3, 0.4) is 0 Å². The molecule has 0 radical (unpaired) electrons. The lowest BCUT2D eigenvalue weighted by atomic mass is 10.3. The molecule has 0 saturated carbocycles. The highest BCUT2D eigenvalue weighted by atomic mass is 16.3. The van der Waals surface area contributed by atoms with E-state index in [4.69, 9.17) is 4.42 Å². The lowest BCUT2D eigenvalue weighted by Crippen LogP contribution is -2.11. The van der Waals surface area contributed by atoms with Gasteiger partial charge in [-0.1, -0.05) is 19.1 Å². The number of nitrogens with zero attached hydrogens (tertiary/aromatic N) is 1. The molecule has 0 fully saturated rings. The maximum absolute atomic E-state index is 12.0. The predicted octanol–water partition coefficient (Wildman–Crippen LogP) is 2.97. The minimum atomic E-state index is -0.307. The third kappa shape index (κ3) is 2.22. The highest BCUT2D eigenvalue weighted by Gasteiger charge is 2.12. The van der Waals surface area contributed by atoms with E-state index in [0.717, 1.165) is 23.2 Å². The van der Waals surface area contributed by atoms with Gasteiger partial charge >= 0.3 is 0 Å². The number of nitrogens with one attached hydrogen (secondary N) is 2. The van der Waals surface area contributed by atoms with Crippen LogP contribution in [0.1, 0.15) is 23.2 Å². The highest BCUT2D eigenvalue weighted by molar-refractivity contribution is 6.01. The molecule has 0 bridgehead atoms. The maximum atomic E-state index is 12.0. The Kier molecular flexibility index (Phi) is 2.79. The number of furan rings is 1. The van der Waals surface area contributed by atoms with Crippen molar-refractivity contribution in [3.8, 4) is 0 Å². The van der Waals surface area contributed by atoms with E-state index in [1.54, 1.807) is 12.1 Å². The number of carbonyl (C=O) groups excluding carboxylic acids is 1. The van der Waals surface area contributed by atoms with Gasteiger partial charge in [-0.25, -0.2) is 4.98 Å². The summed E-state index contributed by atoms with van der Waals surface area (Å²) in [7, 11) is 0. The van der Waals surface area contributed by atoms with E-state index < -0.39 is 0 Å². The first-order valence-electron chi connectivity index (χ1n) is 6.11. The molecule has 5 nitrogen and oxygen atoms in total. The van der Waals surface area contributed by atoms with E-state index in [1.165, 1.54) is 0 Å². The topological polar surface area (TPSA) is 70.9 Å². The van der Waals surface area contributed by atoms with E-state index >= 15 is 0 Å². The average molecular weight is 255 g/mol. The Labute approximate surface area is 109 Å². The number of anilines is 1. The summed E-state index contributed by atoms with van der Waals surface area (Å²) in [5.41, 5.74) is 1.69. The van der Waals surface area contributed by atoms with Gasteiger partial charge in [0.05, 0.1) is 11.0 Å². The molecule has 3 rings (SSSR count). The SMILES string of the molecule is CCc1ccc(C(=O)Nc2nc3ccccc3[nH]2)o1. The Morgan fingerprint density at radius 2 is 2.16 bits per heavy atom. The van der Waals surface area contributed by atoms with E-state index in [1.807, 2.05) is 31.2 Å². The lowest BCUT2D eigenvalue weighted by Gasteiger charge is -1.97. The van der Waals surface area contributed by atoms with Crippen LogP contribution in [0.5, 0.6) is 0 Å². The lowest BCUT2D eigenvalue weighted by molar-refractivity contribution is 0.0994. The molecule has 0 aliphatic carbocycles. The second kappa shape index (κ2) is 4.61. The Balaban J connectivity index is 1.82. The van der Waals surface area contributed by atoms with Crippen molar-refractivity contribution < 1.29 is 9.21 Å². The number of fused-ring (bicyclic) bond motifs is 1. The Bertz CT molecular complexity index is 694. The van der Waals surface area contributed by atoms with E-state index in [2.05, 4.69) is 15.3 Å². The molecule has 5 heteroatoms. The average Bonchev–Trinajstić information content (AvgIpc) is 3.04. The molecule has 96 valence electrons. The summed E-state index contributed by atoms with van der Waals surface area (Å²) >= 11 is 0. The van der Waals surface area contributed by atoms with Crippen molar-refractivity contribution in [1.82, 2.24) is 9.97 Å². The monoisotopic (exact) mass is 255 g/mol. The van der Waals surface area contributed by atoms with E-state index in [0.29, 0.717) is 5.95 Å². The number of hydrogen-bond donors (Lipinski definition) is 2. The van der Waals surface area contributed by atoms with Gasteiger partial charge in [-0.05, 0) is 24.3 Å². The molecule has 1 amide bonds. The number of amides is 1. The second-order valence-electron chi connectivity index (χ2n) is 4.18. The molecule has 0 atom stereocenters. The summed E-state index contributed by atoms with van der Waals surface area (Å²) in [6, 6.07) is 11.1. The van der Waals surface area contributed by atoms with Gasteiger partial charge in [0.15, 0.2) is 5.76 Å². The summed E-state index contributed by atoms with van der Waals surface area (Å²) in [5, 5.41) is 2.69. The first kappa shape index (κ1) is 11.5. The minimum Gasteiger partial charge on any atom is -0.456 e. The number of rotatable bonds is 3. The number of aromatic amines is 1. The van der Waals surface area contributed by atoms with Crippen molar-refractivity contribution in [2.24, 2.45) is 0 Å². The van der Waals surface area contributed by atoms with Gasteiger partial charge in [-0.15, -0.1) is 0 Å². The summed E-state index contributed by atoms with van der Waals surface area (Å²) in [6.07, 6.45) is 0.762. The fourth-order valence-electron chi connectivity index (χ4n) is 1.87. The largest absolute Gasteiger partial charge is 0.456 e. The molecule has 0 saturated heterocycles. The maximum Gasteiger partial charge on any atom is 0.293 e. The van der Waals surface area contributed by atoms with Crippen molar-refractivity contribution in [3.05, 3.63) is 47.9 Å². The van der Waals surface area contributed by atoms with Crippen molar-refractivity contribution in [2.45, 2.75) is 13.3 Å². The highest BCUT2D eigenvalue weighted by Crippen LogP contribution is 2.15. The molecular formula is C14H13N3O2. The van der Waals surface area contributed by atoms with Crippen LogP contribution >= 0.6 is 0 Å². The Morgan fingerprint density at radius 1 is 1.32 bits per heavy atom. The van der Waals surface area contributed by atoms with Crippen LogP contribution in [0.2, 0.25) is 0 Å². The van der Waals surface area contributed by atoms with Crippen LogP contribution in [0.4, 0.5) is 5.95 Å². The van der Waals surface area contributed by atoms with Crippen molar-refractivity contribution in [3.63, 3.8) is 0 Å². The van der Waals surface area contributed by atoms with Gasteiger partial charge in [0.2, 0.25) is 5.95 Å². The smallest absolute Gasteiger partial charge is 0.293 e. The van der Waals surface area contributed by atoms with Gasteiger partial charge in [0.1, 0.15) is 5.76 Å². The fraction of sp³-hybridized carbons (Fsp3) is 0.143. The number of H-pyrrole nitrogens is 1. The number of aryl methyl sites for hydroxylation is 1. The molecule has 2 N–H and O–H groups in total. The number of imidazole rings is 1. The molecule has 19 heavy (non-hydrogen) atoms. The Hall–Kier alpha value is -2.56. The first-order valence-corrected chi connectivity index (χ1v) is 6.11. The standard InChI is InChI=1S/C14H13N3O2/c1-2-9-7-8-12(19-9)13(18)17-14-15-10-5-3-4-6-11(10)16-14/h3-8H,2H2,1H3,(H2,15,16,17,18). The number of carbonyl (C=O) groups is 1. The van der Waals surface area contributed by atoms with Gasteiger partial charge in [-0.2, -0.15) is 0 Å². The van der Waals surface area contributed by atoms with Crippen LogP contribution in [-0.2, 0) is 6.42 Å². The van der Waals surface area contributed by atoms with Crippen molar-refractivity contribution in [1.29, 1.82) is 0 Å². The molecule has 0 aliphatic heterocycles. The third-order valence-corrected chi connectivity index (χ3v) is 2.86. The van der Waals surface area contributed by atoms with Crippen LogP contribution in [0, 0.1) is 0 Å². The fourth-order valence-corrected chi connectivity index (χ4v) is 1.87. The van der Waals surface area contributed by atoms with Crippen molar-refractivity contribution >= 4 is 22.9 Å².